The van der Waals surface area contributed by atoms with E-state index in [2.05, 4.69) is 26.1 Å². The summed E-state index contributed by atoms with van der Waals surface area (Å²) in [6.07, 6.45) is 3.27. The van der Waals surface area contributed by atoms with Crippen molar-refractivity contribution in [3.05, 3.63) is 0 Å². The number of rotatable bonds is 6. The van der Waals surface area contributed by atoms with Crippen LogP contribution < -0.4 is 5.32 Å². The summed E-state index contributed by atoms with van der Waals surface area (Å²) in [5.41, 5.74) is 0. The van der Waals surface area contributed by atoms with E-state index in [1.165, 1.54) is 13.3 Å². The number of fused-ring (bicyclic) bond motifs is 1. The molecule has 0 bridgehead atoms. The molecule has 2 saturated carbocycles. The van der Waals surface area contributed by atoms with E-state index in [0.717, 1.165) is 43.8 Å². The number of hydrogen-bond acceptors (Lipinski definition) is 5. The fourth-order valence-corrected chi connectivity index (χ4v) is 7.79. The zero-order chi connectivity index (χ0) is 18.9. The van der Waals surface area contributed by atoms with Crippen molar-refractivity contribution >= 4 is 14.2 Å². The molecule has 3 aliphatic rings. The van der Waals surface area contributed by atoms with Crippen molar-refractivity contribution in [2.75, 3.05) is 0 Å². The number of ether oxygens (including phenoxy) is 2. The fraction of sp³-hybridized carbons (Fsp3) is 0.947. The summed E-state index contributed by atoms with van der Waals surface area (Å²) in [4.78, 5) is 11.7. The van der Waals surface area contributed by atoms with Gasteiger partial charge in [0, 0.05) is 19.8 Å². The predicted octanol–water partition coefficient (Wildman–Crippen LogP) is 2.70. The minimum atomic E-state index is -1.92. The molecule has 0 aromatic heterocycles. The summed E-state index contributed by atoms with van der Waals surface area (Å²) in [5.74, 6) is -0.724. The van der Waals surface area contributed by atoms with Crippen molar-refractivity contribution in [1.29, 1.82) is 0 Å². The van der Waals surface area contributed by atoms with Gasteiger partial charge in [-0.25, -0.2) is 0 Å². The van der Waals surface area contributed by atoms with Gasteiger partial charge in [-0.1, -0.05) is 27.2 Å². The van der Waals surface area contributed by atoms with Crippen molar-refractivity contribution in [3.8, 4) is 0 Å². The Morgan fingerprint density at radius 1 is 1.12 bits per heavy atom. The number of aliphatic hydroxyl groups is 1. The van der Waals surface area contributed by atoms with Crippen molar-refractivity contribution < 1.29 is 23.8 Å². The molecule has 7 heteroatoms. The molecule has 0 radical (unpaired) electrons. The molecule has 1 spiro atoms. The molecule has 3 fully saturated rings. The third-order valence-corrected chi connectivity index (χ3v) is 11.4. The summed E-state index contributed by atoms with van der Waals surface area (Å²) < 4.78 is 19.5. The highest BCUT2D eigenvalue weighted by Crippen LogP contribution is 2.47. The second-order valence-electron chi connectivity index (χ2n) is 8.18. The minimum absolute atomic E-state index is 0.160. The molecule has 0 unspecified atom stereocenters. The van der Waals surface area contributed by atoms with Gasteiger partial charge in [0.25, 0.3) is 0 Å². The van der Waals surface area contributed by atoms with Crippen LogP contribution in [0.4, 0.5) is 0 Å². The Morgan fingerprint density at radius 3 is 2.23 bits per heavy atom. The Balaban J connectivity index is 1.85. The van der Waals surface area contributed by atoms with Gasteiger partial charge in [0.05, 0.1) is 12.1 Å². The summed E-state index contributed by atoms with van der Waals surface area (Å²) >= 11 is 0. The molecule has 6 nitrogen and oxygen atoms in total. The van der Waals surface area contributed by atoms with Crippen LogP contribution in [-0.2, 0) is 18.7 Å². The second-order valence-corrected chi connectivity index (χ2v) is 12.9. The van der Waals surface area contributed by atoms with Crippen molar-refractivity contribution in [1.82, 2.24) is 5.32 Å². The quantitative estimate of drug-likeness (QED) is 0.688. The van der Waals surface area contributed by atoms with E-state index in [0.29, 0.717) is 0 Å². The maximum atomic E-state index is 11.7. The molecule has 150 valence electrons. The van der Waals surface area contributed by atoms with Gasteiger partial charge in [0.15, 0.2) is 14.1 Å². The molecule has 1 aliphatic heterocycles. The summed E-state index contributed by atoms with van der Waals surface area (Å²) in [6.45, 7) is 8.03. The zero-order valence-corrected chi connectivity index (χ0v) is 17.6. The predicted molar refractivity (Wildman–Crippen MR) is 101 cm³/mol. The molecule has 3 rings (SSSR count). The SMILES string of the molecule is CC[Si](CC)(CC)O[C@H]1[C@H](NC(C)=O)[C@@H](O)[C@@H]2OC3(CCCCC3)O[C@@H]21. The first-order valence-corrected chi connectivity index (χ1v) is 12.9. The van der Waals surface area contributed by atoms with Crippen LogP contribution in [0.5, 0.6) is 0 Å². The van der Waals surface area contributed by atoms with E-state index >= 15 is 0 Å². The first-order valence-electron chi connectivity index (χ1n) is 10.4. The molecule has 1 amide bonds. The molecule has 5 atom stereocenters. The van der Waals surface area contributed by atoms with Crippen LogP contribution >= 0.6 is 0 Å². The third-order valence-electron chi connectivity index (χ3n) is 6.71. The van der Waals surface area contributed by atoms with Gasteiger partial charge in [-0.15, -0.1) is 0 Å². The topological polar surface area (TPSA) is 77.0 Å². The van der Waals surface area contributed by atoms with E-state index < -0.39 is 32.4 Å². The van der Waals surface area contributed by atoms with Gasteiger partial charge < -0.3 is 24.3 Å². The molecule has 1 saturated heterocycles. The van der Waals surface area contributed by atoms with Crippen LogP contribution in [-0.4, -0.2) is 55.6 Å². The molecular formula is C19H35NO5Si. The number of amides is 1. The van der Waals surface area contributed by atoms with Gasteiger partial charge in [-0.3, -0.25) is 4.79 Å². The molecule has 0 aromatic carbocycles. The Bertz CT molecular complexity index is 498. The average molecular weight is 386 g/mol. The highest BCUT2D eigenvalue weighted by Gasteiger charge is 2.62. The largest absolute Gasteiger partial charge is 0.409 e. The molecule has 0 aromatic rings. The van der Waals surface area contributed by atoms with Crippen LogP contribution in [0, 0.1) is 0 Å². The molecule has 26 heavy (non-hydrogen) atoms. The number of carbonyl (C=O) groups excluding carboxylic acids is 1. The van der Waals surface area contributed by atoms with Gasteiger partial charge in [0.1, 0.15) is 18.3 Å². The van der Waals surface area contributed by atoms with E-state index in [-0.39, 0.29) is 18.1 Å². The Hall–Kier alpha value is -0.473. The molecule has 2 N–H and O–H groups in total. The van der Waals surface area contributed by atoms with E-state index in [4.69, 9.17) is 13.9 Å². The maximum absolute atomic E-state index is 11.7. The third kappa shape index (κ3) is 3.61. The van der Waals surface area contributed by atoms with E-state index in [1.54, 1.807) is 0 Å². The summed E-state index contributed by atoms with van der Waals surface area (Å²) in [6, 6.07) is 2.58. The van der Waals surface area contributed by atoms with Gasteiger partial charge in [-0.05, 0) is 31.0 Å². The highest BCUT2D eigenvalue weighted by atomic mass is 28.4. The molecular weight excluding hydrogens is 350 g/mol. The van der Waals surface area contributed by atoms with Crippen molar-refractivity contribution in [3.63, 3.8) is 0 Å². The van der Waals surface area contributed by atoms with Crippen molar-refractivity contribution in [2.24, 2.45) is 0 Å². The summed E-state index contributed by atoms with van der Waals surface area (Å²) in [7, 11) is -1.92. The number of aliphatic hydroxyl groups excluding tert-OH is 1. The average Bonchev–Trinajstić information content (AvgIpc) is 3.09. The van der Waals surface area contributed by atoms with Crippen LogP contribution in [0.2, 0.25) is 18.1 Å². The van der Waals surface area contributed by atoms with Crippen molar-refractivity contribution in [2.45, 2.75) is 114 Å². The Morgan fingerprint density at radius 2 is 1.69 bits per heavy atom. The lowest BCUT2D eigenvalue weighted by Gasteiger charge is -2.38. The van der Waals surface area contributed by atoms with Gasteiger partial charge in [-0.2, -0.15) is 0 Å². The normalized spacial score (nSPS) is 36.3. The minimum Gasteiger partial charge on any atom is -0.409 e. The van der Waals surface area contributed by atoms with Crippen LogP contribution in [0.1, 0.15) is 59.8 Å². The first-order chi connectivity index (χ1) is 12.4. The Kier molecular flexibility index (Phi) is 6.14. The standard InChI is InChI=1S/C19H35NO5Si/c1-5-26(6-2,7-3)25-16-14(20-13(4)21)15(22)17-18(16)24-19(23-17)11-9-8-10-12-19/h14-18,22H,5-12H2,1-4H3,(H,20,21)/t14-,15-,16+,17+,18-/m1/s1. The van der Waals surface area contributed by atoms with Gasteiger partial charge >= 0.3 is 0 Å². The second kappa shape index (κ2) is 7.87. The number of carbonyl (C=O) groups is 1. The lowest BCUT2D eigenvalue weighted by atomic mass is 9.94. The number of nitrogens with one attached hydrogen (secondary N) is 1. The number of hydrogen-bond donors (Lipinski definition) is 2. The smallest absolute Gasteiger partial charge is 0.217 e. The molecule has 1 heterocycles. The zero-order valence-electron chi connectivity index (χ0n) is 16.6. The first kappa shape index (κ1) is 20.3. The monoisotopic (exact) mass is 385 g/mol. The van der Waals surface area contributed by atoms with Gasteiger partial charge in [0.2, 0.25) is 5.91 Å². The highest BCUT2D eigenvalue weighted by molar-refractivity contribution is 6.73. The lowest BCUT2D eigenvalue weighted by molar-refractivity contribution is -0.214. The maximum Gasteiger partial charge on any atom is 0.217 e. The van der Waals surface area contributed by atoms with Crippen LogP contribution in [0.25, 0.3) is 0 Å². The van der Waals surface area contributed by atoms with E-state index in [9.17, 15) is 9.90 Å². The molecule has 2 aliphatic carbocycles. The van der Waals surface area contributed by atoms with Crippen LogP contribution in [0.3, 0.4) is 0 Å². The lowest BCUT2D eigenvalue weighted by Crippen LogP contribution is -2.54. The van der Waals surface area contributed by atoms with Crippen LogP contribution in [0.15, 0.2) is 0 Å². The fourth-order valence-electron chi connectivity index (χ4n) is 4.94. The van der Waals surface area contributed by atoms with E-state index in [1.807, 2.05) is 0 Å². The summed E-state index contributed by atoms with van der Waals surface area (Å²) in [5, 5.41) is 13.8. The Labute approximate surface area is 158 Å².